The van der Waals surface area contributed by atoms with Crippen molar-refractivity contribution >= 4 is 5.97 Å². The second-order valence-corrected chi connectivity index (χ2v) is 3.89. The summed E-state index contributed by atoms with van der Waals surface area (Å²) in [7, 11) is 0. The van der Waals surface area contributed by atoms with E-state index in [0.717, 1.165) is 11.3 Å². The maximum atomic E-state index is 10.7. The molecule has 0 saturated carbocycles. The van der Waals surface area contributed by atoms with Crippen molar-refractivity contribution in [3.05, 3.63) is 41.5 Å². The van der Waals surface area contributed by atoms with Gasteiger partial charge in [0.25, 0.3) is 0 Å². The minimum absolute atomic E-state index is 0.130. The molecule has 0 unspecified atom stereocenters. The second kappa shape index (κ2) is 4.37. The van der Waals surface area contributed by atoms with Gasteiger partial charge in [0.2, 0.25) is 0 Å². The summed E-state index contributed by atoms with van der Waals surface area (Å²) < 4.78 is 1.57. The number of benzene rings is 1. The molecule has 1 N–H and O–H groups in total. The van der Waals surface area contributed by atoms with Crippen LogP contribution in [0.3, 0.4) is 0 Å². The van der Waals surface area contributed by atoms with Crippen LogP contribution in [0.1, 0.15) is 17.2 Å². The highest BCUT2D eigenvalue weighted by Crippen LogP contribution is 2.11. The summed E-state index contributed by atoms with van der Waals surface area (Å²) in [4.78, 5) is 14.9. The van der Waals surface area contributed by atoms with Crippen molar-refractivity contribution in [1.82, 2.24) is 14.8 Å². The van der Waals surface area contributed by atoms with Crippen LogP contribution in [-0.2, 0) is 11.2 Å². The zero-order valence-corrected chi connectivity index (χ0v) is 9.71. The highest BCUT2D eigenvalue weighted by Gasteiger charge is 2.12. The maximum Gasteiger partial charge on any atom is 0.311 e. The normalized spacial score (nSPS) is 10.5. The third-order valence-corrected chi connectivity index (χ3v) is 2.37. The number of carbonyl (C=O) groups is 1. The van der Waals surface area contributed by atoms with Crippen molar-refractivity contribution < 1.29 is 9.90 Å². The predicted molar refractivity (Wildman–Crippen MR) is 62.2 cm³/mol. The summed E-state index contributed by atoms with van der Waals surface area (Å²) in [6.45, 7) is 3.74. The number of aliphatic carboxylic acids is 1. The van der Waals surface area contributed by atoms with E-state index in [-0.39, 0.29) is 6.42 Å². The largest absolute Gasteiger partial charge is 0.481 e. The van der Waals surface area contributed by atoms with Gasteiger partial charge in [-0.05, 0) is 26.0 Å². The molecule has 0 aliphatic rings. The average molecular weight is 231 g/mol. The Bertz CT molecular complexity index is 543. The molecular weight excluding hydrogens is 218 g/mol. The van der Waals surface area contributed by atoms with Crippen molar-refractivity contribution in [3.8, 4) is 5.69 Å². The highest BCUT2D eigenvalue weighted by molar-refractivity contribution is 5.69. The summed E-state index contributed by atoms with van der Waals surface area (Å²) in [5.41, 5.74) is 1.97. The third kappa shape index (κ3) is 2.50. The van der Waals surface area contributed by atoms with Crippen molar-refractivity contribution in [3.63, 3.8) is 0 Å². The van der Waals surface area contributed by atoms with Crippen LogP contribution in [0, 0.1) is 13.8 Å². The van der Waals surface area contributed by atoms with E-state index in [2.05, 4.69) is 10.1 Å². The minimum atomic E-state index is -0.911. The van der Waals surface area contributed by atoms with Gasteiger partial charge in [0.15, 0.2) is 0 Å². The van der Waals surface area contributed by atoms with Crippen molar-refractivity contribution in [2.75, 3.05) is 0 Å². The van der Waals surface area contributed by atoms with Crippen LogP contribution in [0.5, 0.6) is 0 Å². The molecule has 0 aliphatic carbocycles. The Morgan fingerprint density at radius 2 is 1.94 bits per heavy atom. The molecule has 1 aromatic carbocycles. The summed E-state index contributed by atoms with van der Waals surface area (Å²) in [5, 5.41) is 13.0. The fourth-order valence-corrected chi connectivity index (χ4v) is 1.60. The van der Waals surface area contributed by atoms with Crippen LogP contribution in [-0.4, -0.2) is 25.8 Å². The molecule has 0 fully saturated rings. The lowest BCUT2D eigenvalue weighted by Gasteiger charge is -2.04. The van der Waals surface area contributed by atoms with Crippen LogP contribution >= 0.6 is 0 Å². The fourth-order valence-electron chi connectivity index (χ4n) is 1.60. The van der Waals surface area contributed by atoms with Gasteiger partial charge in [-0.1, -0.05) is 17.7 Å². The smallest absolute Gasteiger partial charge is 0.311 e. The molecule has 17 heavy (non-hydrogen) atoms. The Morgan fingerprint density at radius 3 is 2.53 bits per heavy atom. The summed E-state index contributed by atoms with van der Waals surface area (Å²) in [6.07, 6.45) is -0.130. The quantitative estimate of drug-likeness (QED) is 0.869. The van der Waals surface area contributed by atoms with Gasteiger partial charge in [-0.15, -0.1) is 0 Å². The lowest BCUT2D eigenvalue weighted by atomic mass is 10.2. The number of rotatable bonds is 3. The zero-order valence-electron chi connectivity index (χ0n) is 9.71. The van der Waals surface area contributed by atoms with E-state index in [4.69, 9.17) is 5.11 Å². The van der Waals surface area contributed by atoms with Crippen LogP contribution in [0.4, 0.5) is 0 Å². The molecule has 0 spiro atoms. The number of hydrogen-bond donors (Lipinski definition) is 1. The van der Waals surface area contributed by atoms with Crippen LogP contribution < -0.4 is 0 Å². The Balaban J connectivity index is 2.43. The lowest BCUT2D eigenvalue weighted by molar-refractivity contribution is -0.136. The molecule has 0 radical (unpaired) electrons. The SMILES string of the molecule is Cc1ccc(-n2nc(C)nc2CC(=O)O)cc1. The molecule has 0 bridgehead atoms. The topological polar surface area (TPSA) is 68.0 Å². The summed E-state index contributed by atoms with van der Waals surface area (Å²) in [5.74, 6) is 0.103. The van der Waals surface area contributed by atoms with Gasteiger partial charge in [-0.3, -0.25) is 4.79 Å². The highest BCUT2D eigenvalue weighted by atomic mass is 16.4. The molecule has 0 amide bonds. The molecule has 2 aromatic rings. The monoisotopic (exact) mass is 231 g/mol. The molecule has 1 aromatic heterocycles. The zero-order chi connectivity index (χ0) is 12.4. The van der Waals surface area contributed by atoms with Gasteiger partial charge in [0.05, 0.1) is 5.69 Å². The van der Waals surface area contributed by atoms with E-state index in [1.165, 1.54) is 0 Å². The molecule has 5 nitrogen and oxygen atoms in total. The third-order valence-electron chi connectivity index (χ3n) is 2.37. The van der Waals surface area contributed by atoms with E-state index in [9.17, 15) is 4.79 Å². The fraction of sp³-hybridized carbons (Fsp3) is 0.250. The van der Waals surface area contributed by atoms with Crippen LogP contribution in [0.2, 0.25) is 0 Å². The minimum Gasteiger partial charge on any atom is -0.481 e. The molecule has 5 heteroatoms. The van der Waals surface area contributed by atoms with Gasteiger partial charge in [0, 0.05) is 0 Å². The standard InChI is InChI=1S/C12H13N3O2/c1-8-3-5-10(6-4-8)15-11(7-12(16)17)13-9(2)14-15/h3-6H,7H2,1-2H3,(H,16,17). The average Bonchev–Trinajstić information content (AvgIpc) is 2.59. The Hall–Kier alpha value is -2.17. The lowest BCUT2D eigenvalue weighted by Crippen LogP contribution is -2.09. The Morgan fingerprint density at radius 1 is 1.29 bits per heavy atom. The Labute approximate surface area is 98.7 Å². The molecule has 0 atom stereocenters. The number of carboxylic acid groups (broad SMARTS) is 1. The van der Waals surface area contributed by atoms with E-state index in [1.54, 1.807) is 11.6 Å². The van der Waals surface area contributed by atoms with E-state index in [1.807, 2.05) is 31.2 Å². The number of hydrogen-bond acceptors (Lipinski definition) is 3. The Kier molecular flexibility index (Phi) is 2.91. The number of aryl methyl sites for hydroxylation is 2. The first kappa shape index (κ1) is 11.3. The van der Waals surface area contributed by atoms with Gasteiger partial charge < -0.3 is 5.11 Å². The van der Waals surface area contributed by atoms with Gasteiger partial charge in [0.1, 0.15) is 18.1 Å². The first-order valence-corrected chi connectivity index (χ1v) is 5.27. The predicted octanol–water partition coefficient (Wildman–Crippen LogP) is 1.51. The summed E-state index contributed by atoms with van der Waals surface area (Å²) in [6, 6.07) is 7.71. The molecule has 88 valence electrons. The van der Waals surface area contributed by atoms with Crippen molar-refractivity contribution in [2.45, 2.75) is 20.3 Å². The van der Waals surface area contributed by atoms with Gasteiger partial charge >= 0.3 is 5.97 Å². The number of nitrogens with zero attached hydrogens (tertiary/aromatic N) is 3. The van der Waals surface area contributed by atoms with Crippen LogP contribution in [0.25, 0.3) is 5.69 Å². The van der Waals surface area contributed by atoms with Gasteiger partial charge in [-0.25, -0.2) is 9.67 Å². The number of carboxylic acids is 1. The van der Waals surface area contributed by atoms with Crippen LogP contribution in [0.15, 0.2) is 24.3 Å². The van der Waals surface area contributed by atoms with E-state index in [0.29, 0.717) is 11.6 Å². The molecular formula is C12H13N3O2. The van der Waals surface area contributed by atoms with Crippen molar-refractivity contribution in [1.29, 1.82) is 0 Å². The molecule has 0 aliphatic heterocycles. The van der Waals surface area contributed by atoms with Gasteiger partial charge in [-0.2, -0.15) is 5.10 Å². The molecule has 0 saturated heterocycles. The summed E-state index contributed by atoms with van der Waals surface area (Å²) >= 11 is 0. The number of aromatic nitrogens is 3. The first-order valence-electron chi connectivity index (χ1n) is 5.27. The molecule has 2 rings (SSSR count). The molecule has 1 heterocycles. The first-order chi connectivity index (χ1) is 8.06. The van der Waals surface area contributed by atoms with Crippen molar-refractivity contribution in [2.24, 2.45) is 0 Å². The second-order valence-electron chi connectivity index (χ2n) is 3.89. The maximum absolute atomic E-state index is 10.7. The van der Waals surface area contributed by atoms with E-state index >= 15 is 0 Å². The van der Waals surface area contributed by atoms with E-state index < -0.39 is 5.97 Å².